The van der Waals surface area contributed by atoms with Gasteiger partial charge in [-0.2, -0.15) is 5.10 Å². The van der Waals surface area contributed by atoms with E-state index in [0.717, 1.165) is 31.5 Å². The average Bonchev–Trinajstić information content (AvgIpc) is 2.84. The topological polar surface area (TPSA) is 29.9 Å². The highest BCUT2D eigenvalue weighted by Gasteiger charge is 2.06. The molecule has 1 aromatic heterocycles. The second kappa shape index (κ2) is 7.10. The molecule has 0 fully saturated rings. The third kappa shape index (κ3) is 4.52. The largest absolute Gasteiger partial charge is 0.313 e. The number of nitrogens with one attached hydrogen (secondary N) is 1. The van der Waals surface area contributed by atoms with E-state index in [2.05, 4.69) is 53.7 Å². The third-order valence-electron chi connectivity index (χ3n) is 3.40. The molecule has 1 atom stereocenters. The molecule has 19 heavy (non-hydrogen) atoms. The Kier molecular flexibility index (Phi) is 5.16. The van der Waals surface area contributed by atoms with E-state index in [0.29, 0.717) is 6.04 Å². The van der Waals surface area contributed by atoms with Crippen LogP contribution in [0.3, 0.4) is 0 Å². The van der Waals surface area contributed by atoms with Crippen molar-refractivity contribution in [1.82, 2.24) is 15.1 Å². The number of nitrogens with zero attached hydrogens (tertiary/aromatic N) is 2. The van der Waals surface area contributed by atoms with Crippen LogP contribution >= 0.6 is 0 Å². The first-order valence-corrected chi connectivity index (χ1v) is 7.03. The molecule has 1 heterocycles. The van der Waals surface area contributed by atoms with Crippen molar-refractivity contribution in [2.24, 2.45) is 7.05 Å². The fourth-order valence-corrected chi connectivity index (χ4v) is 2.26. The fourth-order valence-electron chi connectivity index (χ4n) is 2.26. The summed E-state index contributed by atoms with van der Waals surface area (Å²) in [6.45, 7) is 3.23. The summed E-state index contributed by atoms with van der Waals surface area (Å²) in [4.78, 5) is 0. The minimum Gasteiger partial charge on any atom is -0.313 e. The van der Waals surface area contributed by atoms with E-state index in [-0.39, 0.29) is 0 Å². The molecule has 102 valence electrons. The molecule has 0 spiro atoms. The van der Waals surface area contributed by atoms with Crippen LogP contribution in [0.25, 0.3) is 0 Å². The summed E-state index contributed by atoms with van der Waals surface area (Å²) in [7, 11) is 1.96. The Morgan fingerprint density at radius 2 is 2.00 bits per heavy atom. The molecule has 0 amide bonds. The molecule has 0 saturated carbocycles. The number of hydrogen-bond acceptors (Lipinski definition) is 2. The van der Waals surface area contributed by atoms with Crippen molar-refractivity contribution < 1.29 is 0 Å². The van der Waals surface area contributed by atoms with Gasteiger partial charge in [-0.25, -0.2) is 0 Å². The molecule has 3 nitrogen and oxygen atoms in total. The maximum absolute atomic E-state index is 4.39. The molecule has 2 rings (SSSR count). The first kappa shape index (κ1) is 13.8. The van der Waals surface area contributed by atoms with E-state index in [1.807, 2.05) is 17.9 Å². The van der Waals surface area contributed by atoms with Gasteiger partial charge in [0, 0.05) is 32.3 Å². The minimum atomic E-state index is 0.547. The van der Waals surface area contributed by atoms with Crippen molar-refractivity contribution in [3.8, 4) is 0 Å². The van der Waals surface area contributed by atoms with Crippen LogP contribution in [-0.2, 0) is 19.9 Å². The van der Waals surface area contributed by atoms with Crippen molar-refractivity contribution in [2.75, 3.05) is 6.54 Å². The molecular weight excluding hydrogens is 234 g/mol. The lowest BCUT2D eigenvalue weighted by molar-refractivity contribution is 0.496. The Morgan fingerprint density at radius 1 is 1.21 bits per heavy atom. The molecule has 0 radical (unpaired) electrons. The lowest BCUT2D eigenvalue weighted by atomic mass is 10.0. The quantitative estimate of drug-likeness (QED) is 0.826. The van der Waals surface area contributed by atoms with E-state index in [1.165, 1.54) is 5.56 Å². The van der Waals surface area contributed by atoms with E-state index >= 15 is 0 Å². The van der Waals surface area contributed by atoms with E-state index in [9.17, 15) is 0 Å². The van der Waals surface area contributed by atoms with Gasteiger partial charge in [0.15, 0.2) is 0 Å². The highest BCUT2D eigenvalue weighted by molar-refractivity contribution is 5.15. The molecule has 0 aliphatic heterocycles. The lowest BCUT2D eigenvalue weighted by Crippen LogP contribution is -2.32. The zero-order valence-corrected chi connectivity index (χ0v) is 11.8. The van der Waals surface area contributed by atoms with Gasteiger partial charge in [0.1, 0.15) is 0 Å². The van der Waals surface area contributed by atoms with E-state index in [1.54, 1.807) is 0 Å². The number of hydrogen-bond donors (Lipinski definition) is 1. The van der Waals surface area contributed by atoms with Gasteiger partial charge in [0.05, 0.1) is 5.69 Å². The molecule has 0 saturated heterocycles. The minimum absolute atomic E-state index is 0.547. The molecule has 2 aromatic rings. The van der Waals surface area contributed by atoms with Gasteiger partial charge in [0.25, 0.3) is 0 Å². The van der Waals surface area contributed by atoms with Crippen LogP contribution in [0.4, 0.5) is 0 Å². The summed E-state index contributed by atoms with van der Waals surface area (Å²) in [5, 5.41) is 8.02. The van der Waals surface area contributed by atoms with Crippen molar-refractivity contribution in [1.29, 1.82) is 0 Å². The van der Waals surface area contributed by atoms with Gasteiger partial charge in [-0.1, -0.05) is 37.3 Å². The predicted octanol–water partition coefficient (Wildman–Crippen LogP) is 2.57. The molecule has 0 aliphatic carbocycles. The number of rotatable bonds is 7. The number of aryl methyl sites for hydroxylation is 1. The average molecular weight is 257 g/mol. The number of aromatic nitrogens is 2. The predicted molar refractivity (Wildman–Crippen MR) is 79.1 cm³/mol. The van der Waals surface area contributed by atoms with Crippen LogP contribution in [-0.4, -0.2) is 22.4 Å². The first-order chi connectivity index (χ1) is 9.28. The van der Waals surface area contributed by atoms with Gasteiger partial charge in [0.2, 0.25) is 0 Å². The van der Waals surface area contributed by atoms with Gasteiger partial charge in [-0.3, -0.25) is 4.68 Å². The van der Waals surface area contributed by atoms with Gasteiger partial charge in [-0.15, -0.1) is 0 Å². The van der Waals surface area contributed by atoms with Crippen LogP contribution in [0.15, 0.2) is 42.6 Å². The molecular formula is C16H23N3. The van der Waals surface area contributed by atoms with E-state index < -0.39 is 0 Å². The van der Waals surface area contributed by atoms with Crippen LogP contribution in [0.5, 0.6) is 0 Å². The fraction of sp³-hybridized carbons (Fsp3) is 0.438. The molecule has 1 N–H and O–H groups in total. The second-order valence-electron chi connectivity index (χ2n) is 4.98. The van der Waals surface area contributed by atoms with Crippen LogP contribution in [0.1, 0.15) is 24.6 Å². The van der Waals surface area contributed by atoms with Gasteiger partial charge < -0.3 is 5.32 Å². The van der Waals surface area contributed by atoms with Crippen molar-refractivity contribution in [2.45, 2.75) is 32.2 Å². The Balaban J connectivity index is 1.76. The van der Waals surface area contributed by atoms with Crippen LogP contribution in [0, 0.1) is 0 Å². The highest BCUT2D eigenvalue weighted by Crippen LogP contribution is 2.05. The SMILES string of the molecule is CCC(Cc1ccccc1)NCCc1ccn(C)n1. The maximum Gasteiger partial charge on any atom is 0.0637 e. The zero-order chi connectivity index (χ0) is 13.5. The Morgan fingerprint density at radius 3 is 2.63 bits per heavy atom. The monoisotopic (exact) mass is 257 g/mol. The van der Waals surface area contributed by atoms with Crippen LogP contribution in [0.2, 0.25) is 0 Å². The van der Waals surface area contributed by atoms with Crippen LogP contribution < -0.4 is 5.32 Å². The Hall–Kier alpha value is -1.61. The smallest absolute Gasteiger partial charge is 0.0637 e. The standard InChI is InChI=1S/C16H23N3/c1-3-15(13-14-7-5-4-6-8-14)17-11-9-16-10-12-19(2)18-16/h4-8,10,12,15,17H,3,9,11,13H2,1-2H3. The second-order valence-corrected chi connectivity index (χ2v) is 4.98. The summed E-state index contributed by atoms with van der Waals surface area (Å²) in [6.07, 6.45) is 5.24. The highest BCUT2D eigenvalue weighted by atomic mass is 15.2. The summed E-state index contributed by atoms with van der Waals surface area (Å²) >= 11 is 0. The summed E-state index contributed by atoms with van der Waals surface area (Å²) in [6, 6.07) is 13.3. The third-order valence-corrected chi connectivity index (χ3v) is 3.40. The van der Waals surface area contributed by atoms with Crippen molar-refractivity contribution in [3.63, 3.8) is 0 Å². The van der Waals surface area contributed by atoms with Crippen molar-refractivity contribution in [3.05, 3.63) is 53.9 Å². The molecule has 1 unspecified atom stereocenters. The Labute approximate surface area is 115 Å². The molecule has 1 aromatic carbocycles. The molecule has 0 bridgehead atoms. The maximum atomic E-state index is 4.39. The summed E-state index contributed by atoms with van der Waals surface area (Å²) in [5.74, 6) is 0. The molecule has 3 heteroatoms. The Bertz CT molecular complexity index is 476. The first-order valence-electron chi connectivity index (χ1n) is 7.03. The molecule has 0 aliphatic rings. The van der Waals surface area contributed by atoms with Gasteiger partial charge >= 0.3 is 0 Å². The summed E-state index contributed by atoms with van der Waals surface area (Å²) < 4.78 is 1.86. The summed E-state index contributed by atoms with van der Waals surface area (Å²) in [5.41, 5.74) is 2.56. The lowest BCUT2D eigenvalue weighted by Gasteiger charge is -2.16. The zero-order valence-electron chi connectivity index (χ0n) is 11.8. The normalized spacial score (nSPS) is 12.5. The van der Waals surface area contributed by atoms with Gasteiger partial charge in [-0.05, 0) is 24.5 Å². The number of benzene rings is 1. The van der Waals surface area contributed by atoms with E-state index in [4.69, 9.17) is 0 Å². The van der Waals surface area contributed by atoms with Crippen molar-refractivity contribution >= 4 is 0 Å².